The van der Waals surface area contributed by atoms with E-state index in [0.29, 0.717) is 18.8 Å². The molecule has 0 aliphatic heterocycles. The highest BCUT2D eigenvalue weighted by atomic mass is 19.1. The Balaban J connectivity index is 1.63. The Morgan fingerprint density at radius 2 is 2.00 bits per heavy atom. The Morgan fingerprint density at radius 1 is 1.19 bits per heavy atom. The molecule has 3 rings (SSSR count). The predicted octanol–water partition coefficient (Wildman–Crippen LogP) is 4.06. The lowest BCUT2D eigenvalue weighted by atomic mass is 10.2. The average Bonchev–Trinajstić information content (AvgIpc) is 3.14. The standard InChI is InChI=1S/C20H19FN2O3/c1-2-23(12-15-7-4-3-5-8-15)20(24)18-13-26-19(22-18)14-25-17-10-6-9-16(21)11-17/h3-11,13H,2,12,14H2,1H3. The molecular formula is C20H19FN2O3. The molecule has 0 spiro atoms. The van der Waals surface area contributed by atoms with Crippen molar-refractivity contribution in [3.05, 3.63) is 83.8 Å². The van der Waals surface area contributed by atoms with E-state index in [1.165, 1.54) is 18.4 Å². The normalized spacial score (nSPS) is 10.5. The molecule has 0 unspecified atom stereocenters. The first-order valence-electron chi connectivity index (χ1n) is 8.31. The fraction of sp³-hybridized carbons (Fsp3) is 0.200. The Kier molecular flexibility index (Phi) is 5.63. The minimum absolute atomic E-state index is 0.0154. The molecule has 6 heteroatoms. The van der Waals surface area contributed by atoms with Gasteiger partial charge in [-0.3, -0.25) is 4.79 Å². The Bertz CT molecular complexity index is 864. The van der Waals surface area contributed by atoms with Crippen LogP contribution in [-0.2, 0) is 13.2 Å². The molecule has 5 nitrogen and oxygen atoms in total. The van der Waals surface area contributed by atoms with E-state index in [0.717, 1.165) is 5.56 Å². The third-order valence-corrected chi connectivity index (χ3v) is 3.81. The first-order chi connectivity index (χ1) is 12.7. The topological polar surface area (TPSA) is 55.6 Å². The molecular weight excluding hydrogens is 335 g/mol. The quantitative estimate of drug-likeness (QED) is 0.642. The first kappa shape index (κ1) is 17.7. The minimum Gasteiger partial charge on any atom is -0.484 e. The summed E-state index contributed by atoms with van der Waals surface area (Å²) < 4.78 is 23.9. The SMILES string of the molecule is CCN(Cc1ccccc1)C(=O)c1coc(COc2cccc(F)c2)n1. The van der Waals surface area contributed by atoms with Crippen molar-refractivity contribution in [2.24, 2.45) is 0 Å². The molecule has 0 saturated heterocycles. The fourth-order valence-electron chi connectivity index (χ4n) is 2.47. The van der Waals surface area contributed by atoms with Gasteiger partial charge >= 0.3 is 0 Å². The number of amides is 1. The van der Waals surface area contributed by atoms with Gasteiger partial charge in [-0.2, -0.15) is 0 Å². The summed E-state index contributed by atoms with van der Waals surface area (Å²) in [5, 5.41) is 0. The maximum atomic E-state index is 13.1. The Labute approximate surface area is 151 Å². The molecule has 0 saturated carbocycles. The van der Waals surface area contributed by atoms with E-state index in [1.807, 2.05) is 37.3 Å². The molecule has 1 amide bonds. The molecule has 1 aromatic heterocycles. The van der Waals surface area contributed by atoms with Crippen LogP contribution < -0.4 is 4.74 Å². The van der Waals surface area contributed by atoms with E-state index in [-0.39, 0.29) is 29.9 Å². The molecule has 0 N–H and O–H groups in total. The van der Waals surface area contributed by atoms with Gasteiger partial charge in [0.2, 0.25) is 5.89 Å². The van der Waals surface area contributed by atoms with Crippen LogP contribution in [0.5, 0.6) is 5.75 Å². The van der Waals surface area contributed by atoms with Crippen molar-refractivity contribution in [2.45, 2.75) is 20.1 Å². The lowest BCUT2D eigenvalue weighted by molar-refractivity contribution is 0.0746. The maximum Gasteiger partial charge on any atom is 0.276 e. The van der Waals surface area contributed by atoms with Gasteiger partial charge in [0.15, 0.2) is 12.3 Å². The highest BCUT2D eigenvalue weighted by Crippen LogP contribution is 2.15. The zero-order valence-corrected chi connectivity index (χ0v) is 14.4. The van der Waals surface area contributed by atoms with E-state index in [4.69, 9.17) is 9.15 Å². The van der Waals surface area contributed by atoms with E-state index in [2.05, 4.69) is 4.98 Å². The van der Waals surface area contributed by atoms with E-state index >= 15 is 0 Å². The van der Waals surface area contributed by atoms with Crippen molar-refractivity contribution in [1.29, 1.82) is 0 Å². The maximum absolute atomic E-state index is 13.1. The number of carbonyl (C=O) groups is 1. The van der Waals surface area contributed by atoms with E-state index in [1.54, 1.807) is 17.0 Å². The number of ether oxygens (including phenoxy) is 1. The largest absolute Gasteiger partial charge is 0.484 e. The van der Waals surface area contributed by atoms with Crippen LogP contribution >= 0.6 is 0 Å². The molecule has 1 heterocycles. The molecule has 26 heavy (non-hydrogen) atoms. The van der Waals surface area contributed by atoms with Crippen LogP contribution in [-0.4, -0.2) is 22.3 Å². The third-order valence-electron chi connectivity index (χ3n) is 3.81. The van der Waals surface area contributed by atoms with Gasteiger partial charge in [0.05, 0.1) is 0 Å². The van der Waals surface area contributed by atoms with Gasteiger partial charge in [-0.1, -0.05) is 36.4 Å². The zero-order chi connectivity index (χ0) is 18.4. The van der Waals surface area contributed by atoms with Crippen LogP contribution in [0.15, 0.2) is 65.3 Å². The van der Waals surface area contributed by atoms with Crippen LogP contribution in [0, 0.1) is 5.82 Å². The summed E-state index contributed by atoms with van der Waals surface area (Å²) in [7, 11) is 0. The van der Waals surface area contributed by atoms with Crippen LogP contribution in [0.25, 0.3) is 0 Å². The Morgan fingerprint density at radius 3 is 2.73 bits per heavy atom. The number of hydrogen-bond donors (Lipinski definition) is 0. The zero-order valence-electron chi connectivity index (χ0n) is 14.4. The van der Waals surface area contributed by atoms with Crippen molar-refractivity contribution in [3.63, 3.8) is 0 Å². The van der Waals surface area contributed by atoms with Crippen LogP contribution in [0.3, 0.4) is 0 Å². The third kappa shape index (κ3) is 4.47. The van der Waals surface area contributed by atoms with Gasteiger partial charge in [-0.25, -0.2) is 9.37 Å². The van der Waals surface area contributed by atoms with Crippen molar-refractivity contribution in [1.82, 2.24) is 9.88 Å². The van der Waals surface area contributed by atoms with Gasteiger partial charge in [0, 0.05) is 19.2 Å². The molecule has 2 aromatic carbocycles. The summed E-state index contributed by atoms with van der Waals surface area (Å²) in [5.41, 5.74) is 1.27. The lowest BCUT2D eigenvalue weighted by Gasteiger charge is -2.19. The number of benzene rings is 2. The van der Waals surface area contributed by atoms with Gasteiger partial charge in [-0.15, -0.1) is 0 Å². The monoisotopic (exact) mass is 354 g/mol. The average molecular weight is 354 g/mol. The van der Waals surface area contributed by atoms with Gasteiger partial charge < -0.3 is 14.1 Å². The summed E-state index contributed by atoms with van der Waals surface area (Å²) in [4.78, 5) is 18.5. The minimum atomic E-state index is -0.384. The van der Waals surface area contributed by atoms with Crippen LogP contribution in [0.1, 0.15) is 28.9 Å². The Hall–Kier alpha value is -3.15. The fourth-order valence-corrected chi connectivity index (χ4v) is 2.47. The van der Waals surface area contributed by atoms with Crippen molar-refractivity contribution >= 4 is 5.91 Å². The van der Waals surface area contributed by atoms with E-state index in [9.17, 15) is 9.18 Å². The van der Waals surface area contributed by atoms with Crippen molar-refractivity contribution in [3.8, 4) is 5.75 Å². The number of halogens is 1. The smallest absolute Gasteiger partial charge is 0.276 e. The molecule has 3 aromatic rings. The van der Waals surface area contributed by atoms with Crippen LogP contribution in [0.2, 0.25) is 0 Å². The number of aromatic nitrogens is 1. The second-order valence-corrected chi connectivity index (χ2v) is 5.68. The summed E-state index contributed by atoms with van der Waals surface area (Å²) in [6, 6.07) is 15.5. The lowest BCUT2D eigenvalue weighted by Crippen LogP contribution is -2.30. The molecule has 0 radical (unpaired) electrons. The molecule has 134 valence electrons. The number of carbonyl (C=O) groups excluding carboxylic acids is 1. The molecule has 0 aliphatic carbocycles. The van der Waals surface area contributed by atoms with Gasteiger partial charge in [-0.05, 0) is 24.6 Å². The molecule has 0 fully saturated rings. The number of oxazole rings is 1. The van der Waals surface area contributed by atoms with Gasteiger partial charge in [0.25, 0.3) is 5.91 Å². The number of nitrogens with zero attached hydrogens (tertiary/aromatic N) is 2. The van der Waals surface area contributed by atoms with Gasteiger partial charge in [0.1, 0.15) is 17.8 Å². The molecule has 0 bridgehead atoms. The second kappa shape index (κ2) is 8.29. The van der Waals surface area contributed by atoms with E-state index < -0.39 is 0 Å². The number of rotatable bonds is 7. The summed E-state index contributed by atoms with van der Waals surface area (Å²) in [5.74, 6) is 0.0334. The second-order valence-electron chi connectivity index (χ2n) is 5.68. The number of hydrogen-bond acceptors (Lipinski definition) is 4. The van der Waals surface area contributed by atoms with Crippen LogP contribution in [0.4, 0.5) is 4.39 Å². The highest BCUT2D eigenvalue weighted by molar-refractivity contribution is 5.91. The predicted molar refractivity (Wildman–Crippen MR) is 94.1 cm³/mol. The first-order valence-corrected chi connectivity index (χ1v) is 8.31. The molecule has 0 aliphatic rings. The van der Waals surface area contributed by atoms with Crippen molar-refractivity contribution < 1.29 is 18.3 Å². The molecule has 0 atom stereocenters. The van der Waals surface area contributed by atoms with Crippen molar-refractivity contribution in [2.75, 3.05) is 6.54 Å². The summed E-state index contributed by atoms with van der Waals surface area (Å²) in [6.45, 7) is 2.98. The highest BCUT2D eigenvalue weighted by Gasteiger charge is 2.19. The summed E-state index contributed by atoms with van der Waals surface area (Å²) >= 11 is 0. The summed E-state index contributed by atoms with van der Waals surface area (Å²) in [6.07, 6.45) is 1.32.